The minimum absolute atomic E-state index is 0.00555. The monoisotopic (exact) mass is 848 g/mol. The molecule has 60 heavy (non-hydrogen) atoms. The van der Waals surface area contributed by atoms with Crippen LogP contribution >= 0.6 is 0 Å². The molecule has 0 saturated carbocycles. The van der Waals surface area contributed by atoms with Gasteiger partial charge in [-0.25, -0.2) is 0 Å². The second-order valence-corrected chi connectivity index (χ2v) is 18.6. The number of allylic oxidation sites excluding steroid dienone is 2. The zero-order valence-corrected chi connectivity index (χ0v) is 40.5. The molecule has 0 aliphatic heterocycles. The Bertz CT molecular complexity index is 893. The first kappa shape index (κ1) is 58.6. The van der Waals surface area contributed by atoms with Crippen LogP contribution in [-0.2, 0) is 14.3 Å². The molecule has 0 spiro atoms. The Morgan fingerprint density at radius 3 is 1.18 bits per heavy atom. The maximum absolute atomic E-state index is 12.4. The highest BCUT2D eigenvalue weighted by Crippen LogP contribution is 2.16. The van der Waals surface area contributed by atoms with Crippen LogP contribution in [0.15, 0.2) is 12.2 Å². The van der Waals surface area contributed by atoms with Crippen molar-refractivity contribution in [1.29, 1.82) is 0 Å². The predicted octanol–water partition coefficient (Wildman–Crippen LogP) is 16.1. The lowest BCUT2D eigenvalue weighted by Crippen LogP contribution is -2.45. The first-order valence-corrected chi connectivity index (χ1v) is 26.9. The molecular formula is C54H105NO5. The fourth-order valence-electron chi connectivity index (χ4n) is 8.40. The van der Waals surface area contributed by atoms with Crippen molar-refractivity contribution in [1.82, 2.24) is 5.32 Å². The molecule has 0 fully saturated rings. The number of nitrogens with one attached hydrogen (secondary N) is 1. The number of carbonyl (C=O) groups excluding carboxylic acids is 2. The van der Waals surface area contributed by atoms with Crippen LogP contribution in [0.5, 0.6) is 0 Å². The molecule has 6 heteroatoms. The molecule has 2 atom stereocenters. The SMILES string of the molecule is CCCCCCCCCCCCCCCC(=O)OCCCCCCCCCC/C=C\CCCCCCCCCC(=O)NC(CO)C(O)CCCCCCCCCCCCC. The summed E-state index contributed by atoms with van der Waals surface area (Å²) in [5.74, 6) is -0.0395. The first-order valence-electron chi connectivity index (χ1n) is 26.9. The summed E-state index contributed by atoms with van der Waals surface area (Å²) in [6, 6.07) is -0.546. The van der Waals surface area contributed by atoms with E-state index in [9.17, 15) is 19.8 Å². The Morgan fingerprint density at radius 2 is 0.783 bits per heavy atom. The molecule has 3 N–H and O–H groups in total. The number of carbonyl (C=O) groups is 2. The van der Waals surface area contributed by atoms with Crippen LogP contribution in [0.2, 0.25) is 0 Å². The fourth-order valence-corrected chi connectivity index (χ4v) is 8.40. The van der Waals surface area contributed by atoms with Crippen molar-refractivity contribution >= 4 is 11.9 Å². The maximum atomic E-state index is 12.4. The lowest BCUT2D eigenvalue weighted by atomic mass is 10.0. The average Bonchev–Trinajstić information content (AvgIpc) is 3.25. The van der Waals surface area contributed by atoms with Crippen molar-refractivity contribution in [3.05, 3.63) is 12.2 Å². The highest BCUT2D eigenvalue weighted by molar-refractivity contribution is 5.76. The van der Waals surface area contributed by atoms with Crippen LogP contribution in [-0.4, -0.2) is 47.4 Å². The highest BCUT2D eigenvalue weighted by atomic mass is 16.5. The number of rotatable bonds is 50. The third-order valence-electron chi connectivity index (χ3n) is 12.6. The van der Waals surface area contributed by atoms with E-state index in [4.69, 9.17) is 4.74 Å². The number of unbranched alkanes of at least 4 members (excludes halogenated alkanes) is 37. The van der Waals surface area contributed by atoms with E-state index < -0.39 is 12.1 Å². The quantitative estimate of drug-likeness (QED) is 0.0322. The molecule has 0 radical (unpaired) electrons. The van der Waals surface area contributed by atoms with Crippen molar-refractivity contribution < 1.29 is 24.5 Å². The van der Waals surface area contributed by atoms with E-state index in [1.165, 1.54) is 225 Å². The minimum atomic E-state index is -0.668. The van der Waals surface area contributed by atoms with Gasteiger partial charge in [0, 0.05) is 12.8 Å². The molecular weight excluding hydrogens is 743 g/mol. The normalized spacial score (nSPS) is 12.7. The summed E-state index contributed by atoms with van der Waals surface area (Å²) in [5, 5.41) is 23.1. The van der Waals surface area contributed by atoms with Gasteiger partial charge in [0.15, 0.2) is 0 Å². The smallest absolute Gasteiger partial charge is 0.305 e. The van der Waals surface area contributed by atoms with E-state index in [2.05, 4.69) is 31.3 Å². The van der Waals surface area contributed by atoms with Crippen molar-refractivity contribution in [3.8, 4) is 0 Å². The Labute approximate surface area is 374 Å². The van der Waals surface area contributed by atoms with Gasteiger partial charge < -0.3 is 20.3 Å². The lowest BCUT2D eigenvalue weighted by Gasteiger charge is -2.22. The third kappa shape index (κ3) is 46.1. The van der Waals surface area contributed by atoms with Crippen LogP contribution in [0.25, 0.3) is 0 Å². The molecule has 0 bridgehead atoms. The second-order valence-electron chi connectivity index (χ2n) is 18.6. The Kier molecular flexibility index (Phi) is 49.1. The molecule has 0 aliphatic rings. The molecule has 0 aromatic rings. The minimum Gasteiger partial charge on any atom is -0.466 e. The lowest BCUT2D eigenvalue weighted by molar-refractivity contribution is -0.143. The zero-order chi connectivity index (χ0) is 43.7. The van der Waals surface area contributed by atoms with E-state index in [1.54, 1.807) is 0 Å². The van der Waals surface area contributed by atoms with Gasteiger partial charge in [-0.05, 0) is 51.4 Å². The van der Waals surface area contributed by atoms with Gasteiger partial charge in [-0.2, -0.15) is 0 Å². The summed E-state index contributed by atoms with van der Waals surface area (Å²) in [7, 11) is 0. The molecule has 0 rings (SSSR count). The highest BCUT2D eigenvalue weighted by Gasteiger charge is 2.20. The van der Waals surface area contributed by atoms with Crippen molar-refractivity contribution in [3.63, 3.8) is 0 Å². The molecule has 0 saturated heterocycles. The van der Waals surface area contributed by atoms with Gasteiger partial charge >= 0.3 is 5.97 Å². The number of hydrogen-bond acceptors (Lipinski definition) is 5. The third-order valence-corrected chi connectivity index (χ3v) is 12.6. The summed E-state index contributed by atoms with van der Waals surface area (Å²) in [5.41, 5.74) is 0. The fraction of sp³-hybridized carbons (Fsp3) is 0.926. The Hall–Kier alpha value is -1.40. The maximum Gasteiger partial charge on any atom is 0.305 e. The second kappa shape index (κ2) is 50.2. The van der Waals surface area contributed by atoms with Gasteiger partial charge in [0.1, 0.15) is 0 Å². The average molecular weight is 848 g/mol. The van der Waals surface area contributed by atoms with E-state index in [0.717, 1.165) is 38.5 Å². The number of aliphatic hydroxyl groups is 2. The van der Waals surface area contributed by atoms with Gasteiger partial charge in [-0.3, -0.25) is 9.59 Å². The first-order chi connectivity index (χ1) is 29.5. The van der Waals surface area contributed by atoms with Gasteiger partial charge in [0.05, 0.1) is 25.4 Å². The summed E-state index contributed by atoms with van der Waals surface area (Å²) < 4.78 is 5.46. The van der Waals surface area contributed by atoms with Crippen LogP contribution in [0.4, 0.5) is 0 Å². The Morgan fingerprint density at radius 1 is 0.450 bits per heavy atom. The molecule has 356 valence electrons. The molecule has 2 unspecified atom stereocenters. The Balaban J connectivity index is 3.42. The van der Waals surface area contributed by atoms with E-state index in [0.29, 0.717) is 25.9 Å². The topological polar surface area (TPSA) is 95.9 Å². The molecule has 0 aromatic heterocycles. The molecule has 6 nitrogen and oxygen atoms in total. The van der Waals surface area contributed by atoms with Gasteiger partial charge in [0.2, 0.25) is 5.91 Å². The molecule has 0 aromatic carbocycles. The van der Waals surface area contributed by atoms with Crippen molar-refractivity contribution in [2.24, 2.45) is 0 Å². The summed E-state index contributed by atoms with van der Waals surface area (Å²) in [6.07, 6.45) is 57.6. The summed E-state index contributed by atoms with van der Waals surface area (Å²) in [6.45, 7) is 4.94. The zero-order valence-electron chi connectivity index (χ0n) is 40.5. The van der Waals surface area contributed by atoms with Gasteiger partial charge in [-0.1, -0.05) is 244 Å². The number of aliphatic hydroxyl groups excluding tert-OH is 2. The number of ether oxygens (including phenoxy) is 1. The number of esters is 1. The summed E-state index contributed by atoms with van der Waals surface area (Å²) >= 11 is 0. The van der Waals surface area contributed by atoms with E-state index in [-0.39, 0.29) is 18.5 Å². The predicted molar refractivity (Wildman–Crippen MR) is 260 cm³/mol. The standard InChI is InChI=1S/C54H105NO5/c1-3-5-7-9-11-13-15-23-28-32-36-40-44-48-54(59)60-49-45-41-37-33-29-25-22-20-18-16-17-19-21-24-27-31-35-39-43-47-53(58)55-51(50-56)52(57)46-42-38-34-30-26-14-12-10-8-6-4-2/h16-17,51-52,56-57H,3-15,18-50H2,1-2H3,(H,55,58)/b17-16-. The van der Waals surface area contributed by atoms with Gasteiger partial charge in [0.25, 0.3) is 0 Å². The number of hydrogen-bond donors (Lipinski definition) is 3. The van der Waals surface area contributed by atoms with Crippen LogP contribution in [0.1, 0.15) is 296 Å². The van der Waals surface area contributed by atoms with Crippen LogP contribution in [0, 0.1) is 0 Å². The molecule has 1 amide bonds. The largest absolute Gasteiger partial charge is 0.466 e. The summed E-state index contributed by atoms with van der Waals surface area (Å²) in [4.78, 5) is 24.4. The van der Waals surface area contributed by atoms with Crippen molar-refractivity contribution in [2.45, 2.75) is 309 Å². The molecule has 0 heterocycles. The van der Waals surface area contributed by atoms with Crippen molar-refractivity contribution in [2.75, 3.05) is 13.2 Å². The van der Waals surface area contributed by atoms with Crippen LogP contribution in [0.3, 0.4) is 0 Å². The van der Waals surface area contributed by atoms with E-state index in [1.807, 2.05) is 0 Å². The van der Waals surface area contributed by atoms with Crippen LogP contribution < -0.4 is 5.32 Å². The number of amides is 1. The molecule has 0 aliphatic carbocycles. The van der Waals surface area contributed by atoms with E-state index >= 15 is 0 Å². The van der Waals surface area contributed by atoms with Gasteiger partial charge in [-0.15, -0.1) is 0 Å².